The fourth-order valence-corrected chi connectivity index (χ4v) is 1.89. The summed E-state index contributed by atoms with van der Waals surface area (Å²) in [5, 5.41) is 9.65. The lowest BCUT2D eigenvalue weighted by Gasteiger charge is -2.19. The highest BCUT2D eigenvalue weighted by Crippen LogP contribution is 2.10. The van der Waals surface area contributed by atoms with Gasteiger partial charge >= 0.3 is 5.97 Å². The Morgan fingerprint density at radius 1 is 1.27 bits per heavy atom. The summed E-state index contributed by atoms with van der Waals surface area (Å²) in [7, 11) is 0. The van der Waals surface area contributed by atoms with Crippen molar-refractivity contribution in [2.24, 2.45) is 0 Å². The molecule has 0 aliphatic heterocycles. The topological polar surface area (TPSA) is 66.8 Å². The standard InChI is InChI=1S/C16H20ClNO4/c1-2-22-16(21)9-10-18(11-12-19)15(20)8-5-13-3-6-14(17)7-4-13/h3-8,19H,2,9-12H2,1H3/b8-5+. The molecule has 1 aromatic carbocycles. The van der Waals surface area contributed by atoms with Crippen LogP contribution in [0.3, 0.4) is 0 Å². The lowest BCUT2D eigenvalue weighted by molar-refractivity contribution is -0.143. The molecule has 0 radical (unpaired) electrons. The minimum Gasteiger partial charge on any atom is -0.466 e. The summed E-state index contributed by atoms with van der Waals surface area (Å²) in [6.45, 7) is 2.25. The molecule has 0 aromatic heterocycles. The van der Waals surface area contributed by atoms with Crippen molar-refractivity contribution in [3.05, 3.63) is 40.9 Å². The fourth-order valence-electron chi connectivity index (χ4n) is 1.76. The van der Waals surface area contributed by atoms with Gasteiger partial charge in [0.15, 0.2) is 0 Å². The van der Waals surface area contributed by atoms with E-state index < -0.39 is 0 Å². The third-order valence-corrected chi connectivity index (χ3v) is 3.11. The minimum absolute atomic E-state index is 0.106. The first-order chi connectivity index (χ1) is 10.6. The van der Waals surface area contributed by atoms with E-state index in [1.165, 1.54) is 11.0 Å². The van der Waals surface area contributed by atoms with Gasteiger partial charge in [0, 0.05) is 24.2 Å². The SMILES string of the molecule is CCOC(=O)CCN(CCO)C(=O)/C=C/c1ccc(Cl)cc1. The number of carbonyl (C=O) groups excluding carboxylic acids is 2. The van der Waals surface area contributed by atoms with Crippen molar-refractivity contribution in [3.8, 4) is 0 Å². The Hall–Kier alpha value is -1.85. The Bertz CT molecular complexity index is 513. The number of aliphatic hydroxyl groups excluding tert-OH is 1. The highest BCUT2D eigenvalue weighted by Gasteiger charge is 2.12. The van der Waals surface area contributed by atoms with Gasteiger partial charge in [-0.3, -0.25) is 9.59 Å². The van der Waals surface area contributed by atoms with Gasteiger partial charge in [-0.05, 0) is 30.7 Å². The summed E-state index contributed by atoms with van der Waals surface area (Å²) in [4.78, 5) is 24.8. The first-order valence-corrected chi connectivity index (χ1v) is 7.43. The van der Waals surface area contributed by atoms with Crippen molar-refractivity contribution in [1.82, 2.24) is 4.90 Å². The summed E-state index contributed by atoms with van der Waals surface area (Å²) >= 11 is 5.79. The number of hydrogen-bond acceptors (Lipinski definition) is 4. The van der Waals surface area contributed by atoms with Crippen LogP contribution in [0.1, 0.15) is 18.9 Å². The van der Waals surface area contributed by atoms with Crippen LogP contribution < -0.4 is 0 Å². The van der Waals surface area contributed by atoms with Gasteiger partial charge in [0.1, 0.15) is 0 Å². The van der Waals surface area contributed by atoms with Crippen molar-refractivity contribution < 1.29 is 19.4 Å². The molecule has 6 heteroatoms. The number of ether oxygens (including phenoxy) is 1. The highest BCUT2D eigenvalue weighted by molar-refractivity contribution is 6.30. The Balaban J connectivity index is 2.60. The predicted molar refractivity (Wildman–Crippen MR) is 85.4 cm³/mol. The van der Waals surface area contributed by atoms with Gasteiger partial charge in [0.2, 0.25) is 5.91 Å². The molecule has 0 heterocycles. The molecular weight excluding hydrogens is 306 g/mol. The maximum Gasteiger partial charge on any atom is 0.307 e. The van der Waals surface area contributed by atoms with E-state index in [-0.39, 0.29) is 38.0 Å². The molecule has 0 atom stereocenters. The van der Waals surface area contributed by atoms with Crippen LogP contribution in [0.15, 0.2) is 30.3 Å². The van der Waals surface area contributed by atoms with Crippen LogP contribution in [-0.4, -0.2) is 48.2 Å². The molecule has 0 aliphatic carbocycles. The largest absolute Gasteiger partial charge is 0.466 e. The Kier molecular flexibility index (Phi) is 8.25. The van der Waals surface area contributed by atoms with E-state index in [0.717, 1.165) is 5.56 Å². The molecule has 1 aromatic rings. The van der Waals surface area contributed by atoms with Gasteiger partial charge in [-0.15, -0.1) is 0 Å². The van der Waals surface area contributed by atoms with Crippen LogP contribution in [0.25, 0.3) is 6.08 Å². The average molecular weight is 326 g/mol. The fraction of sp³-hybridized carbons (Fsp3) is 0.375. The quantitative estimate of drug-likeness (QED) is 0.587. The monoisotopic (exact) mass is 325 g/mol. The second-order valence-electron chi connectivity index (χ2n) is 4.49. The Labute approximate surface area is 135 Å². The number of esters is 1. The molecule has 0 fully saturated rings. The van der Waals surface area contributed by atoms with Crippen LogP contribution >= 0.6 is 11.6 Å². The van der Waals surface area contributed by atoms with Gasteiger partial charge in [-0.1, -0.05) is 23.7 Å². The van der Waals surface area contributed by atoms with Crippen molar-refractivity contribution in [2.75, 3.05) is 26.3 Å². The average Bonchev–Trinajstić information content (AvgIpc) is 2.51. The zero-order valence-corrected chi connectivity index (χ0v) is 13.3. The number of rotatable bonds is 8. The molecule has 0 spiro atoms. The molecule has 0 saturated carbocycles. The maximum absolute atomic E-state index is 12.1. The van der Waals surface area contributed by atoms with E-state index in [1.54, 1.807) is 37.3 Å². The van der Waals surface area contributed by atoms with Crippen molar-refractivity contribution in [3.63, 3.8) is 0 Å². The summed E-state index contributed by atoms with van der Waals surface area (Å²) < 4.78 is 4.82. The van der Waals surface area contributed by atoms with Gasteiger partial charge in [0.25, 0.3) is 0 Å². The summed E-state index contributed by atoms with van der Waals surface area (Å²) in [5.41, 5.74) is 0.840. The van der Waals surface area contributed by atoms with Crippen molar-refractivity contribution in [2.45, 2.75) is 13.3 Å². The van der Waals surface area contributed by atoms with Crippen LogP contribution in [0.4, 0.5) is 0 Å². The second kappa shape index (κ2) is 9.97. The van der Waals surface area contributed by atoms with Gasteiger partial charge in [-0.25, -0.2) is 0 Å². The van der Waals surface area contributed by atoms with E-state index in [0.29, 0.717) is 11.6 Å². The Morgan fingerprint density at radius 3 is 2.55 bits per heavy atom. The van der Waals surface area contributed by atoms with Crippen LogP contribution in [0.2, 0.25) is 5.02 Å². The number of carbonyl (C=O) groups is 2. The molecule has 0 aliphatic rings. The third kappa shape index (κ3) is 6.74. The van der Waals surface area contributed by atoms with E-state index >= 15 is 0 Å². The smallest absolute Gasteiger partial charge is 0.307 e. The lowest BCUT2D eigenvalue weighted by Crippen LogP contribution is -2.34. The van der Waals surface area contributed by atoms with Gasteiger partial charge < -0.3 is 14.7 Å². The van der Waals surface area contributed by atoms with Crippen LogP contribution in [-0.2, 0) is 14.3 Å². The third-order valence-electron chi connectivity index (χ3n) is 2.86. The summed E-state index contributed by atoms with van der Waals surface area (Å²) in [6, 6.07) is 7.05. The zero-order chi connectivity index (χ0) is 16.4. The number of benzene rings is 1. The molecule has 1 rings (SSSR count). The Morgan fingerprint density at radius 2 is 1.95 bits per heavy atom. The normalized spacial score (nSPS) is 10.7. The molecule has 1 N–H and O–H groups in total. The molecular formula is C16H20ClNO4. The molecule has 22 heavy (non-hydrogen) atoms. The minimum atomic E-state index is -0.361. The number of hydrogen-bond donors (Lipinski definition) is 1. The van der Waals surface area contributed by atoms with Gasteiger partial charge in [-0.2, -0.15) is 0 Å². The van der Waals surface area contributed by atoms with E-state index in [9.17, 15) is 9.59 Å². The lowest BCUT2D eigenvalue weighted by atomic mass is 10.2. The van der Waals surface area contributed by atoms with Crippen molar-refractivity contribution >= 4 is 29.6 Å². The summed E-state index contributed by atoms with van der Waals surface area (Å²) in [6.07, 6.45) is 3.17. The number of amides is 1. The number of aliphatic hydroxyl groups is 1. The molecule has 0 saturated heterocycles. The predicted octanol–water partition coefficient (Wildman–Crippen LogP) is 2.13. The summed E-state index contributed by atoms with van der Waals surface area (Å²) in [5.74, 6) is -0.631. The zero-order valence-electron chi connectivity index (χ0n) is 12.5. The van der Waals surface area contributed by atoms with Crippen LogP contribution in [0, 0.1) is 0 Å². The van der Waals surface area contributed by atoms with E-state index in [2.05, 4.69) is 0 Å². The molecule has 5 nitrogen and oxygen atoms in total. The molecule has 0 unspecified atom stereocenters. The van der Waals surface area contributed by atoms with E-state index in [4.69, 9.17) is 21.4 Å². The first kappa shape index (κ1) is 18.2. The number of halogens is 1. The molecule has 120 valence electrons. The highest BCUT2D eigenvalue weighted by atomic mass is 35.5. The van der Waals surface area contributed by atoms with Crippen LogP contribution in [0.5, 0.6) is 0 Å². The maximum atomic E-state index is 12.1. The molecule has 0 bridgehead atoms. The first-order valence-electron chi connectivity index (χ1n) is 7.06. The second-order valence-corrected chi connectivity index (χ2v) is 4.93. The molecule has 1 amide bonds. The van der Waals surface area contributed by atoms with Crippen molar-refractivity contribution in [1.29, 1.82) is 0 Å². The van der Waals surface area contributed by atoms with E-state index in [1.807, 2.05) is 0 Å². The number of nitrogens with zero attached hydrogens (tertiary/aromatic N) is 1. The van der Waals surface area contributed by atoms with Gasteiger partial charge in [0.05, 0.1) is 19.6 Å².